The molecule has 1 fully saturated rings. The number of nitrogens with zero attached hydrogens (tertiary/aromatic N) is 3. The van der Waals surface area contributed by atoms with E-state index >= 15 is 0 Å². The Balaban J connectivity index is 1.38. The summed E-state index contributed by atoms with van der Waals surface area (Å²) in [6.07, 6.45) is 1.74. The molecule has 1 aliphatic rings. The number of likely N-dealkylation sites (tertiary alicyclic amines) is 1. The number of aromatic nitrogens is 2. The quantitative estimate of drug-likeness (QED) is 0.496. The summed E-state index contributed by atoms with van der Waals surface area (Å²) < 4.78 is 5.41. The van der Waals surface area contributed by atoms with Gasteiger partial charge in [0.15, 0.2) is 0 Å². The molecule has 1 saturated heterocycles. The summed E-state index contributed by atoms with van der Waals surface area (Å²) in [7, 11) is 0. The molecule has 2 aromatic carbocycles. The molecule has 1 unspecified atom stereocenters. The molecule has 1 atom stereocenters. The highest BCUT2D eigenvalue weighted by molar-refractivity contribution is 6.36. The molecule has 1 amide bonds. The van der Waals surface area contributed by atoms with Gasteiger partial charge in [0, 0.05) is 27.8 Å². The molecule has 6 nitrogen and oxygen atoms in total. The first kappa shape index (κ1) is 22.1. The number of hydrogen-bond acceptors (Lipinski definition) is 5. The van der Waals surface area contributed by atoms with Gasteiger partial charge in [-0.2, -0.15) is 4.98 Å². The fraction of sp³-hybridized carbons (Fsp3) is 0.318. The first-order valence-corrected chi connectivity index (χ1v) is 11.1. The molecule has 0 bridgehead atoms. The highest BCUT2D eigenvalue weighted by atomic mass is 35.5. The van der Waals surface area contributed by atoms with Crippen molar-refractivity contribution in [3.05, 3.63) is 62.9 Å². The minimum Gasteiger partial charge on any atom is -0.338 e. The topological polar surface area (TPSA) is 71.3 Å². The van der Waals surface area contributed by atoms with E-state index in [-0.39, 0.29) is 11.8 Å². The molecular formula is C22H21Cl3N4O2. The van der Waals surface area contributed by atoms with Crippen LogP contribution in [-0.4, -0.2) is 34.0 Å². The van der Waals surface area contributed by atoms with Crippen LogP contribution in [0.4, 0.5) is 5.69 Å². The molecular weight excluding hydrogens is 459 g/mol. The van der Waals surface area contributed by atoms with Gasteiger partial charge in [0.2, 0.25) is 17.6 Å². The van der Waals surface area contributed by atoms with Gasteiger partial charge >= 0.3 is 0 Å². The van der Waals surface area contributed by atoms with Gasteiger partial charge in [-0.1, -0.05) is 46.0 Å². The standard InChI is InChI=1S/C22H21Cl3N4O2/c1-13-4-6-16(10-18(13)24)26-22(30)14-3-2-8-29(11-14)12-20-27-21(28-31-20)17-7-5-15(23)9-19(17)25/h4-7,9-10,14H,2-3,8,11-12H2,1H3,(H,26,30). The lowest BCUT2D eigenvalue weighted by molar-refractivity contribution is -0.121. The van der Waals surface area contributed by atoms with E-state index in [4.69, 9.17) is 39.3 Å². The predicted molar refractivity (Wildman–Crippen MR) is 123 cm³/mol. The molecule has 0 spiro atoms. The molecule has 0 radical (unpaired) electrons. The van der Waals surface area contributed by atoms with Crippen molar-refractivity contribution in [2.24, 2.45) is 5.92 Å². The summed E-state index contributed by atoms with van der Waals surface area (Å²) in [5.74, 6) is 0.761. The number of nitrogens with one attached hydrogen (secondary N) is 1. The van der Waals surface area contributed by atoms with Gasteiger partial charge in [-0.15, -0.1) is 0 Å². The third-order valence-electron chi connectivity index (χ3n) is 5.31. The van der Waals surface area contributed by atoms with Crippen LogP contribution >= 0.6 is 34.8 Å². The summed E-state index contributed by atoms with van der Waals surface area (Å²) in [4.78, 5) is 19.4. The van der Waals surface area contributed by atoms with Crippen LogP contribution in [-0.2, 0) is 11.3 Å². The average molecular weight is 480 g/mol. The largest absolute Gasteiger partial charge is 0.338 e. The number of carbonyl (C=O) groups is 1. The van der Waals surface area contributed by atoms with Crippen LogP contribution < -0.4 is 5.32 Å². The van der Waals surface area contributed by atoms with E-state index in [1.165, 1.54) is 0 Å². The minimum atomic E-state index is -0.123. The maximum atomic E-state index is 12.8. The molecule has 31 heavy (non-hydrogen) atoms. The Morgan fingerprint density at radius 2 is 2.03 bits per heavy atom. The maximum Gasteiger partial charge on any atom is 0.241 e. The van der Waals surface area contributed by atoms with Crippen molar-refractivity contribution < 1.29 is 9.32 Å². The van der Waals surface area contributed by atoms with Crippen molar-refractivity contribution in [1.82, 2.24) is 15.0 Å². The van der Waals surface area contributed by atoms with Crippen molar-refractivity contribution in [3.8, 4) is 11.4 Å². The van der Waals surface area contributed by atoms with Gasteiger partial charge in [-0.25, -0.2) is 0 Å². The Labute approximate surface area is 195 Å². The van der Waals surface area contributed by atoms with E-state index in [9.17, 15) is 4.79 Å². The summed E-state index contributed by atoms with van der Waals surface area (Å²) >= 11 is 18.3. The fourth-order valence-corrected chi connectivity index (χ4v) is 4.29. The zero-order valence-corrected chi connectivity index (χ0v) is 19.1. The van der Waals surface area contributed by atoms with E-state index in [1.54, 1.807) is 24.3 Å². The van der Waals surface area contributed by atoms with Crippen LogP contribution in [0.15, 0.2) is 40.9 Å². The van der Waals surface area contributed by atoms with Gasteiger partial charge < -0.3 is 9.84 Å². The number of aryl methyl sites for hydroxylation is 1. The molecule has 162 valence electrons. The Kier molecular flexibility index (Phi) is 6.82. The first-order chi connectivity index (χ1) is 14.9. The van der Waals surface area contributed by atoms with Crippen molar-refractivity contribution >= 4 is 46.4 Å². The van der Waals surface area contributed by atoms with E-state index < -0.39 is 0 Å². The Hall–Kier alpha value is -2.12. The van der Waals surface area contributed by atoms with Gasteiger partial charge in [0.25, 0.3) is 0 Å². The second-order valence-electron chi connectivity index (χ2n) is 7.66. The third-order valence-corrected chi connectivity index (χ3v) is 6.27. The molecule has 0 saturated carbocycles. The maximum absolute atomic E-state index is 12.8. The van der Waals surface area contributed by atoms with Gasteiger partial charge in [-0.3, -0.25) is 9.69 Å². The molecule has 1 aliphatic heterocycles. The van der Waals surface area contributed by atoms with Crippen LogP contribution in [0.2, 0.25) is 15.1 Å². The number of rotatable bonds is 5. The van der Waals surface area contributed by atoms with Crippen LogP contribution in [0.5, 0.6) is 0 Å². The molecule has 9 heteroatoms. The zero-order valence-electron chi connectivity index (χ0n) is 16.9. The van der Waals surface area contributed by atoms with Crippen molar-refractivity contribution in [3.63, 3.8) is 0 Å². The summed E-state index contributed by atoms with van der Waals surface area (Å²) in [6, 6.07) is 10.7. The highest BCUT2D eigenvalue weighted by Crippen LogP contribution is 2.29. The Bertz CT molecular complexity index is 1100. The Morgan fingerprint density at radius 1 is 1.19 bits per heavy atom. The summed E-state index contributed by atoms with van der Waals surface area (Å²) in [6.45, 7) is 3.87. The molecule has 0 aliphatic carbocycles. The zero-order chi connectivity index (χ0) is 22.0. The number of benzene rings is 2. The number of carbonyl (C=O) groups excluding carboxylic acids is 1. The third kappa shape index (κ3) is 5.39. The average Bonchev–Trinajstić information content (AvgIpc) is 3.19. The van der Waals surface area contributed by atoms with E-state index in [2.05, 4.69) is 20.4 Å². The van der Waals surface area contributed by atoms with Crippen LogP contribution in [0.25, 0.3) is 11.4 Å². The van der Waals surface area contributed by atoms with Crippen LogP contribution in [0.1, 0.15) is 24.3 Å². The van der Waals surface area contributed by atoms with E-state index in [0.717, 1.165) is 24.9 Å². The monoisotopic (exact) mass is 478 g/mol. The minimum absolute atomic E-state index is 0.0104. The van der Waals surface area contributed by atoms with Gasteiger partial charge in [0.05, 0.1) is 17.5 Å². The molecule has 1 N–H and O–H groups in total. The van der Waals surface area contributed by atoms with Crippen molar-refractivity contribution in [1.29, 1.82) is 0 Å². The summed E-state index contributed by atoms with van der Waals surface area (Å²) in [5.41, 5.74) is 2.34. The Morgan fingerprint density at radius 3 is 2.81 bits per heavy atom. The molecule has 2 heterocycles. The lowest BCUT2D eigenvalue weighted by Crippen LogP contribution is -2.40. The number of amides is 1. The van der Waals surface area contributed by atoms with Crippen LogP contribution in [0.3, 0.4) is 0 Å². The second-order valence-corrected chi connectivity index (χ2v) is 8.91. The molecule has 1 aromatic heterocycles. The summed E-state index contributed by atoms with van der Waals surface area (Å²) in [5, 5.41) is 8.65. The lowest BCUT2D eigenvalue weighted by Gasteiger charge is -2.30. The van der Waals surface area contributed by atoms with Crippen LogP contribution in [0, 0.1) is 12.8 Å². The normalized spacial score (nSPS) is 17.0. The first-order valence-electron chi connectivity index (χ1n) is 9.96. The van der Waals surface area contributed by atoms with E-state index in [1.807, 2.05) is 19.1 Å². The van der Waals surface area contributed by atoms with E-state index in [0.29, 0.717) is 51.1 Å². The molecule has 4 rings (SSSR count). The lowest BCUT2D eigenvalue weighted by atomic mass is 9.97. The predicted octanol–water partition coefficient (Wildman–Crippen LogP) is 5.86. The number of anilines is 1. The van der Waals surface area contributed by atoms with Gasteiger partial charge in [-0.05, 0) is 62.2 Å². The SMILES string of the molecule is Cc1ccc(NC(=O)C2CCCN(Cc3nc(-c4ccc(Cl)cc4Cl)no3)C2)cc1Cl. The smallest absolute Gasteiger partial charge is 0.241 e. The van der Waals surface area contributed by atoms with Gasteiger partial charge in [0.1, 0.15) is 0 Å². The number of halogens is 3. The van der Waals surface area contributed by atoms with Crippen molar-refractivity contribution in [2.75, 3.05) is 18.4 Å². The number of piperidine rings is 1. The second kappa shape index (κ2) is 9.57. The molecule has 3 aromatic rings. The number of hydrogen-bond donors (Lipinski definition) is 1. The highest BCUT2D eigenvalue weighted by Gasteiger charge is 2.27. The fourth-order valence-electron chi connectivity index (χ4n) is 3.62. The van der Waals surface area contributed by atoms with Crippen molar-refractivity contribution in [2.45, 2.75) is 26.3 Å².